The van der Waals surface area contributed by atoms with Crippen LogP contribution in [0.3, 0.4) is 0 Å². The maximum Gasteiger partial charge on any atom is 0.244 e. The fourth-order valence-corrected chi connectivity index (χ4v) is 6.69. The number of hydrogen-bond donors (Lipinski definition) is 1. The van der Waals surface area contributed by atoms with Gasteiger partial charge in [-0.1, -0.05) is 112 Å². The summed E-state index contributed by atoms with van der Waals surface area (Å²) in [7, 11) is -3.84. The number of nitrogens with zero attached hydrogens (tertiary/aromatic N) is 2. The van der Waals surface area contributed by atoms with E-state index >= 15 is 0 Å². The molecule has 0 spiro atoms. The predicted molar refractivity (Wildman–Crippen MR) is 178 cm³/mol. The van der Waals surface area contributed by atoms with Crippen molar-refractivity contribution in [3.8, 4) is 0 Å². The van der Waals surface area contributed by atoms with Gasteiger partial charge in [-0.3, -0.25) is 13.9 Å². The summed E-state index contributed by atoms with van der Waals surface area (Å²) in [6.07, 6.45) is 6.41. The number of nitrogens with one attached hydrogen (secondary N) is 1. The average molecular weight is 638 g/mol. The van der Waals surface area contributed by atoms with E-state index in [2.05, 4.69) is 26.1 Å². The Kier molecular flexibility index (Phi) is 11.1. The molecule has 3 aromatic rings. The monoisotopic (exact) mass is 637 g/mol. The van der Waals surface area contributed by atoms with E-state index in [0.717, 1.165) is 53.8 Å². The fourth-order valence-electron chi connectivity index (χ4n) is 5.65. The zero-order valence-corrected chi connectivity index (χ0v) is 27.7. The van der Waals surface area contributed by atoms with Crippen molar-refractivity contribution < 1.29 is 18.0 Å². The molecule has 1 aliphatic rings. The summed E-state index contributed by atoms with van der Waals surface area (Å²) < 4.78 is 27.3. The van der Waals surface area contributed by atoms with E-state index in [4.69, 9.17) is 11.6 Å². The number of hydrogen-bond acceptors (Lipinski definition) is 4. The van der Waals surface area contributed by atoms with Crippen molar-refractivity contribution >= 4 is 39.1 Å². The van der Waals surface area contributed by atoms with Crippen LogP contribution in [-0.2, 0) is 38.0 Å². The molecule has 1 atom stereocenters. The van der Waals surface area contributed by atoms with Gasteiger partial charge in [0.05, 0.1) is 11.9 Å². The first-order valence-corrected chi connectivity index (χ1v) is 17.5. The molecule has 9 heteroatoms. The van der Waals surface area contributed by atoms with Crippen LogP contribution >= 0.6 is 11.6 Å². The van der Waals surface area contributed by atoms with E-state index in [1.54, 1.807) is 18.2 Å². The van der Waals surface area contributed by atoms with Gasteiger partial charge >= 0.3 is 0 Å². The Morgan fingerprint density at radius 3 is 2.11 bits per heavy atom. The minimum atomic E-state index is -3.84. The quantitative estimate of drug-likeness (QED) is 0.260. The van der Waals surface area contributed by atoms with Crippen LogP contribution in [0.1, 0.15) is 69.6 Å². The van der Waals surface area contributed by atoms with E-state index in [9.17, 15) is 18.0 Å². The van der Waals surface area contributed by atoms with Gasteiger partial charge in [-0.25, -0.2) is 8.42 Å². The van der Waals surface area contributed by atoms with Crippen molar-refractivity contribution in [2.45, 2.75) is 83.3 Å². The van der Waals surface area contributed by atoms with Crippen molar-refractivity contribution in [1.29, 1.82) is 0 Å². The predicted octanol–water partition coefficient (Wildman–Crippen LogP) is 6.49. The first-order chi connectivity index (χ1) is 20.8. The van der Waals surface area contributed by atoms with Gasteiger partial charge in [0, 0.05) is 24.0 Å². The molecule has 2 amide bonds. The van der Waals surface area contributed by atoms with E-state index < -0.39 is 28.5 Å². The second kappa shape index (κ2) is 14.6. The van der Waals surface area contributed by atoms with E-state index in [1.165, 1.54) is 4.90 Å². The highest BCUT2D eigenvalue weighted by molar-refractivity contribution is 7.92. The van der Waals surface area contributed by atoms with Crippen LogP contribution in [0.2, 0.25) is 5.02 Å². The standard InChI is InChI=1S/C35H44ClN3O4S/c1-35(2,3)28-19-21-30(22-20-28)39(44(4,42)43)25-33(40)38(24-27-15-11-12-18-31(27)36)32(23-26-13-7-5-8-14-26)34(41)37-29-16-9-6-10-17-29/h5,7-8,11-15,18-22,29,32H,6,9-10,16-17,23-25H2,1-4H3,(H,37,41). The fraction of sp³-hybridized carbons (Fsp3) is 0.429. The van der Waals surface area contributed by atoms with Crippen LogP contribution in [0.25, 0.3) is 0 Å². The molecule has 0 bridgehead atoms. The first kappa shape index (κ1) is 33.5. The Bertz CT molecular complexity index is 1520. The molecule has 1 aliphatic carbocycles. The normalized spacial score (nSPS) is 14.9. The molecule has 1 saturated carbocycles. The van der Waals surface area contributed by atoms with Crippen molar-refractivity contribution in [1.82, 2.24) is 10.2 Å². The number of rotatable bonds is 11. The van der Waals surface area contributed by atoms with Gasteiger partial charge in [-0.15, -0.1) is 0 Å². The Morgan fingerprint density at radius 2 is 1.52 bits per heavy atom. The third-order valence-electron chi connectivity index (χ3n) is 8.22. The zero-order valence-electron chi connectivity index (χ0n) is 26.1. The maximum atomic E-state index is 14.3. The van der Waals surface area contributed by atoms with Crippen molar-refractivity contribution in [3.05, 3.63) is 101 Å². The molecule has 1 unspecified atom stereocenters. The van der Waals surface area contributed by atoms with Crippen LogP contribution < -0.4 is 9.62 Å². The van der Waals surface area contributed by atoms with Gasteiger partial charge in [0.15, 0.2) is 0 Å². The highest BCUT2D eigenvalue weighted by Gasteiger charge is 2.34. The second-order valence-corrected chi connectivity index (χ2v) is 15.0. The summed E-state index contributed by atoms with van der Waals surface area (Å²) in [5.41, 5.74) is 2.88. The highest BCUT2D eigenvalue weighted by atomic mass is 35.5. The molecular formula is C35H44ClN3O4S. The second-order valence-electron chi connectivity index (χ2n) is 12.7. The van der Waals surface area contributed by atoms with Gasteiger partial charge in [-0.05, 0) is 53.1 Å². The van der Waals surface area contributed by atoms with Crippen LogP contribution in [0, 0.1) is 0 Å². The largest absolute Gasteiger partial charge is 0.352 e. The molecule has 0 saturated heterocycles. The molecule has 1 N–H and O–H groups in total. The summed E-state index contributed by atoms with van der Waals surface area (Å²) in [6.45, 7) is 5.84. The average Bonchev–Trinajstić information content (AvgIpc) is 2.98. The number of sulfonamides is 1. The van der Waals surface area contributed by atoms with Gasteiger partial charge in [0.2, 0.25) is 21.8 Å². The number of carbonyl (C=O) groups excluding carboxylic acids is 2. The van der Waals surface area contributed by atoms with E-state index in [0.29, 0.717) is 16.3 Å². The first-order valence-electron chi connectivity index (χ1n) is 15.3. The topological polar surface area (TPSA) is 86.8 Å². The summed E-state index contributed by atoms with van der Waals surface area (Å²) in [4.78, 5) is 29.9. The number of benzene rings is 3. The summed E-state index contributed by atoms with van der Waals surface area (Å²) in [6, 6.07) is 23.2. The number of anilines is 1. The Labute approximate surface area is 267 Å². The smallest absolute Gasteiger partial charge is 0.244 e. The van der Waals surface area contributed by atoms with Crippen LogP contribution in [-0.4, -0.2) is 50.0 Å². The molecule has 1 fully saturated rings. The molecule has 4 rings (SSSR count). The highest BCUT2D eigenvalue weighted by Crippen LogP contribution is 2.27. The lowest BCUT2D eigenvalue weighted by atomic mass is 9.87. The molecule has 0 aromatic heterocycles. The lowest BCUT2D eigenvalue weighted by Crippen LogP contribution is -2.55. The molecule has 0 heterocycles. The van der Waals surface area contributed by atoms with Crippen molar-refractivity contribution in [2.75, 3.05) is 17.1 Å². The van der Waals surface area contributed by atoms with Gasteiger partial charge in [-0.2, -0.15) is 0 Å². The Hall–Kier alpha value is -3.36. The molecule has 3 aromatic carbocycles. The third kappa shape index (κ3) is 9.08. The summed E-state index contributed by atoms with van der Waals surface area (Å²) in [5.74, 6) is -0.739. The lowest BCUT2D eigenvalue weighted by molar-refractivity contribution is -0.140. The van der Waals surface area contributed by atoms with Gasteiger partial charge < -0.3 is 10.2 Å². The van der Waals surface area contributed by atoms with Crippen LogP contribution in [0.4, 0.5) is 5.69 Å². The number of amides is 2. The summed E-state index contributed by atoms with van der Waals surface area (Å²) >= 11 is 6.55. The molecule has 0 radical (unpaired) electrons. The van der Waals surface area contributed by atoms with Gasteiger partial charge in [0.1, 0.15) is 12.6 Å². The molecule has 236 valence electrons. The Morgan fingerprint density at radius 1 is 0.909 bits per heavy atom. The number of carbonyl (C=O) groups is 2. The minimum Gasteiger partial charge on any atom is -0.352 e. The zero-order chi connectivity index (χ0) is 31.9. The molecular weight excluding hydrogens is 594 g/mol. The third-order valence-corrected chi connectivity index (χ3v) is 9.73. The van der Waals surface area contributed by atoms with Gasteiger partial charge in [0.25, 0.3) is 0 Å². The lowest BCUT2D eigenvalue weighted by Gasteiger charge is -2.35. The van der Waals surface area contributed by atoms with Crippen molar-refractivity contribution in [2.24, 2.45) is 0 Å². The maximum absolute atomic E-state index is 14.3. The van der Waals surface area contributed by atoms with Crippen LogP contribution in [0.15, 0.2) is 78.9 Å². The molecule has 0 aliphatic heterocycles. The Balaban J connectivity index is 1.72. The van der Waals surface area contributed by atoms with Crippen LogP contribution in [0.5, 0.6) is 0 Å². The SMILES string of the molecule is CC(C)(C)c1ccc(N(CC(=O)N(Cc2ccccc2Cl)C(Cc2ccccc2)C(=O)NC2CCCCC2)S(C)(=O)=O)cc1. The van der Waals surface area contributed by atoms with E-state index in [-0.39, 0.29) is 30.3 Å². The minimum absolute atomic E-state index is 0.0423. The molecule has 7 nitrogen and oxygen atoms in total. The van der Waals surface area contributed by atoms with E-state index in [1.807, 2.05) is 60.7 Å². The molecule has 44 heavy (non-hydrogen) atoms. The summed E-state index contributed by atoms with van der Waals surface area (Å²) in [5, 5.41) is 3.68. The van der Waals surface area contributed by atoms with Crippen molar-refractivity contribution in [3.63, 3.8) is 0 Å². The number of halogens is 1.